The summed E-state index contributed by atoms with van der Waals surface area (Å²) >= 11 is 8.07. The van der Waals surface area contributed by atoms with Gasteiger partial charge in [-0.1, -0.05) is 78.3 Å². The van der Waals surface area contributed by atoms with Crippen LogP contribution in [-0.4, -0.2) is 26.9 Å². The Kier molecular flexibility index (Phi) is 9.41. The molecule has 0 radical (unpaired) electrons. The van der Waals surface area contributed by atoms with Crippen LogP contribution in [0.5, 0.6) is 0 Å². The molecule has 4 nitrogen and oxygen atoms in total. The molecule has 1 aliphatic rings. The van der Waals surface area contributed by atoms with E-state index in [0.717, 1.165) is 65.6 Å². The summed E-state index contributed by atoms with van der Waals surface area (Å²) in [5.41, 5.74) is 5.31. The maximum Gasteiger partial charge on any atom is 0.303 e. The molecular formula is C36H38ClNO3S. The number of carboxylic acid groups (broad SMARTS) is 1. The maximum absolute atomic E-state index is 11.5. The van der Waals surface area contributed by atoms with E-state index in [1.54, 1.807) is 0 Å². The van der Waals surface area contributed by atoms with Gasteiger partial charge in [0.25, 0.3) is 0 Å². The molecule has 0 spiro atoms. The lowest BCUT2D eigenvalue weighted by Gasteiger charge is -2.23. The monoisotopic (exact) mass is 599 g/mol. The quantitative estimate of drug-likeness (QED) is 0.160. The van der Waals surface area contributed by atoms with Crippen LogP contribution in [0.1, 0.15) is 79.1 Å². The second-order valence-electron chi connectivity index (χ2n) is 12.1. The van der Waals surface area contributed by atoms with E-state index in [2.05, 4.69) is 42.5 Å². The van der Waals surface area contributed by atoms with Crippen molar-refractivity contribution >= 4 is 52.4 Å². The van der Waals surface area contributed by atoms with Gasteiger partial charge in [0.1, 0.15) is 0 Å². The van der Waals surface area contributed by atoms with Crippen molar-refractivity contribution in [3.63, 3.8) is 0 Å². The van der Waals surface area contributed by atoms with Crippen molar-refractivity contribution in [3.8, 4) is 0 Å². The molecule has 4 aromatic rings. The first-order valence-corrected chi connectivity index (χ1v) is 16.0. The summed E-state index contributed by atoms with van der Waals surface area (Å²) in [5.74, 6) is 0.151. The average molecular weight is 600 g/mol. The van der Waals surface area contributed by atoms with Crippen molar-refractivity contribution in [3.05, 3.63) is 112 Å². The summed E-state index contributed by atoms with van der Waals surface area (Å²) in [6, 6.07) is 26.6. The third-order valence-electron chi connectivity index (χ3n) is 8.07. The van der Waals surface area contributed by atoms with Crippen molar-refractivity contribution in [1.82, 2.24) is 4.98 Å². The van der Waals surface area contributed by atoms with Gasteiger partial charge in [-0.2, -0.15) is 11.8 Å². The Hall–Kier alpha value is -3.12. The van der Waals surface area contributed by atoms with Gasteiger partial charge in [-0.15, -0.1) is 0 Å². The summed E-state index contributed by atoms with van der Waals surface area (Å²) in [6.07, 6.45) is 9.18. The Morgan fingerprint density at radius 2 is 1.83 bits per heavy atom. The lowest BCUT2D eigenvalue weighted by molar-refractivity contribution is -0.138. The molecule has 6 heteroatoms. The highest BCUT2D eigenvalue weighted by molar-refractivity contribution is 7.99. The molecule has 0 aliphatic heterocycles. The van der Waals surface area contributed by atoms with Gasteiger partial charge in [0.15, 0.2) is 0 Å². The fourth-order valence-electron chi connectivity index (χ4n) is 5.55. The zero-order valence-corrected chi connectivity index (χ0v) is 25.8. The molecule has 0 bridgehead atoms. The minimum atomic E-state index is -0.882. The van der Waals surface area contributed by atoms with E-state index < -0.39 is 11.6 Å². The number of hydrogen-bond donors (Lipinski definition) is 2. The molecular weight excluding hydrogens is 562 g/mol. The van der Waals surface area contributed by atoms with Gasteiger partial charge in [0, 0.05) is 21.4 Å². The summed E-state index contributed by atoms with van der Waals surface area (Å²) in [7, 11) is 0. The van der Waals surface area contributed by atoms with E-state index in [4.69, 9.17) is 16.6 Å². The summed E-state index contributed by atoms with van der Waals surface area (Å²) in [4.78, 5) is 16.2. The smallest absolute Gasteiger partial charge is 0.303 e. The van der Waals surface area contributed by atoms with Gasteiger partial charge < -0.3 is 10.2 Å². The van der Waals surface area contributed by atoms with Gasteiger partial charge >= 0.3 is 5.97 Å². The number of fused-ring (bicyclic) bond motifs is 1. The van der Waals surface area contributed by atoms with Crippen LogP contribution in [0.2, 0.25) is 5.02 Å². The van der Waals surface area contributed by atoms with Gasteiger partial charge in [0.05, 0.1) is 23.2 Å². The Balaban J connectivity index is 1.33. The molecule has 1 fully saturated rings. The van der Waals surface area contributed by atoms with Crippen LogP contribution in [0.25, 0.3) is 23.1 Å². The van der Waals surface area contributed by atoms with Crippen molar-refractivity contribution in [1.29, 1.82) is 0 Å². The van der Waals surface area contributed by atoms with Crippen LogP contribution in [0, 0.1) is 5.41 Å². The van der Waals surface area contributed by atoms with E-state index in [1.807, 2.05) is 74.1 Å². The van der Waals surface area contributed by atoms with Gasteiger partial charge in [0.2, 0.25) is 0 Å². The standard InChI is InChI=1S/C36H38ClNO3S/c1-35(2,41)31-11-4-3-8-26(31)9-6-12-33(42-24-36(19-20-36)23-34(39)40)28-10-5-7-25(21-28)13-17-30-18-15-27-14-16-29(37)22-32(27)38-30/h3-5,7-8,10-11,13-18,21-22,33,41H,6,9,12,19-20,23-24H2,1-2H3,(H,39,40)/b17-13+/t33-/m1/s1. The number of hydrogen-bond acceptors (Lipinski definition) is 4. The van der Waals surface area contributed by atoms with Gasteiger partial charge in [-0.05, 0) is 97.9 Å². The second kappa shape index (κ2) is 13.0. The molecule has 5 rings (SSSR count). The fraction of sp³-hybridized carbons (Fsp3) is 0.333. The molecule has 2 N–H and O–H groups in total. The van der Waals surface area contributed by atoms with E-state index in [-0.39, 0.29) is 17.1 Å². The number of thioether (sulfide) groups is 1. The lowest BCUT2D eigenvalue weighted by atomic mass is 9.90. The molecule has 3 aromatic carbocycles. The highest BCUT2D eigenvalue weighted by atomic mass is 35.5. The number of aromatic nitrogens is 1. The van der Waals surface area contributed by atoms with Crippen molar-refractivity contribution < 1.29 is 15.0 Å². The normalized spacial score (nSPS) is 15.2. The molecule has 1 saturated carbocycles. The lowest BCUT2D eigenvalue weighted by Crippen LogP contribution is -2.18. The van der Waals surface area contributed by atoms with E-state index in [1.165, 1.54) is 11.1 Å². The SMILES string of the molecule is CC(C)(O)c1ccccc1CCC[C@@H](SCC1(CC(=O)O)CC1)c1cccc(/C=C/c2ccc3ccc(Cl)cc3n2)c1. The number of halogens is 1. The van der Waals surface area contributed by atoms with Gasteiger partial charge in [-0.25, -0.2) is 4.98 Å². The molecule has 0 unspecified atom stereocenters. The number of aliphatic hydroxyl groups is 1. The third-order valence-corrected chi connectivity index (χ3v) is 9.99. The molecule has 0 amide bonds. The number of aryl methyl sites for hydroxylation is 1. The summed E-state index contributed by atoms with van der Waals surface area (Å²) in [5, 5.41) is 22.1. The van der Waals surface area contributed by atoms with Crippen LogP contribution >= 0.6 is 23.4 Å². The second-order valence-corrected chi connectivity index (χ2v) is 13.7. The highest BCUT2D eigenvalue weighted by Gasteiger charge is 2.44. The Morgan fingerprint density at radius 3 is 2.60 bits per heavy atom. The average Bonchev–Trinajstić information content (AvgIpc) is 3.71. The Morgan fingerprint density at radius 1 is 1.05 bits per heavy atom. The molecule has 1 aromatic heterocycles. The molecule has 1 atom stereocenters. The van der Waals surface area contributed by atoms with E-state index >= 15 is 0 Å². The number of pyridine rings is 1. The molecule has 42 heavy (non-hydrogen) atoms. The highest BCUT2D eigenvalue weighted by Crippen LogP contribution is 2.53. The minimum absolute atomic E-state index is 0.0651. The number of carboxylic acids is 1. The molecule has 0 saturated heterocycles. The van der Waals surface area contributed by atoms with Crippen molar-refractivity contribution in [2.45, 2.75) is 63.2 Å². The van der Waals surface area contributed by atoms with Crippen LogP contribution in [0.3, 0.4) is 0 Å². The number of nitrogens with zero attached hydrogens (tertiary/aromatic N) is 1. The first-order valence-electron chi connectivity index (χ1n) is 14.6. The van der Waals surface area contributed by atoms with Crippen LogP contribution in [0.15, 0.2) is 78.9 Å². The maximum atomic E-state index is 11.5. The largest absolute Gasteiger partial charge is 0.481 e. The molecule has 1 heterocycles. The zero-order chi connectivity index (χ0) is 29.7. The minimum Gasteiger partial charge on any atom is -0.481 e. The van der Waals surface area contributed by atoms with E-state index in [0.29, 0.717) is 5.02 Å². The van der Waals surface area contributed by atoms with Gasteiger partial charge in [-0.3, -0.25) is 4.79 Å². The van der Waals surface area contributed by atoms with Crippen molar-refractivity contribution in [2.24, 2.45) is 5.41 Å². The molecule has 1 aliphatic carbocycles. The van der Waals surface area contributed by atoms with Crippen LogP contribution in [0.4, 0.5) is 0 Å². The number of aliphatic carboxylic acids is 1. The van der Waals surface area contributed by atoms with Crippen molar-refractivity contribution in [2.75, 3.05) is 5.75 Å². The predicted octanol–water partition coefficient (Wildman–Crippen LogP) is 9.34. The summed E-state index contributed by atoms with van der Waals surface area (Å²) < 4.78 is 0. The number of rotatable bonds is 13. The van der Waals surface area contributed by atoms with Crippen LogP contribution < -0.4 is 0 Å². The predicted molar refractivity (Wildman–Crippen MR) is 176 cm³/mol. The zero-order valence-electron chi connectivity index (χ0n) is 24.2. The Labute approximate surface area is 257 Å². The van der Waals surface area contributed by atoms with E-state index in [9.17, 15) is 15.0 Å². The third kappa shape index (κ3) is 8.03. The number of benzene rings is 3. The fourth-order valence-corrected chi connectivity index (χ4v) is 7.33. The summed E-state index contributed by atoms with van der Waals surface area (Å²) in [6.45, 7) is 3.67. The first-order chi connectivity index (χ1) is 20.1. The number of carbonyl (C=O) groups is 1. The first kappa shape index (κ1) is 30.3. The molecule has 218 valence electrons. The topological polar surface area (TPSA) is 70.4 Å². The van der Waals surface area contributed by atoms with Crippen LogP contribution in [-0.2, 0) is 16.8 Å². The Bertz CT molecular complexity index is 1590.